The fraction of sp³-hybridized carbons (Fsp3) is 0.350. The Morgan fingerprint density at radius 1 is 1.19 bits per heavy atom. The lowest BCUT2D eigenvalue weighted by molar-refractivity contribution is -0.0512. The molecule has 2 atom stereocenters. The van der Waals surface area contributed by atoms with Crippen LogP contribution in [0.15, 0.2) is 48.5 Å². The van der Waals surface area contributed by atoms with Gasteiger partial charge in [0.2, 0.25) is 0 Å². The molecule has 0 saturated carbocycles. The number of rotatable bonds is 6. The van der Waals surface area contributed by atoms with Crippen LogP contribution in [0.4, 0.5) is 8.78 Å². The summed E-state index contributed by atoms with van der Waals surface area (Å²) < 4.78 is 34.4. The third kappa shape index (κ3) is 4.19. The van der Waals surface area contributed by atoms with Gasteiger partial charge >= 0.3 is 6.61 Å². The van der Waals surface area contributed by atoms with Gasteiger partial charge in [-0.25, -0.2) is 0 Å². The van der Waals surface area contributed by atoms with Crippen molar-refractivity contribution in [1.82, 2.24) is 4.90 Å². The molecule has 0 radical (unpaired) electrons. The van der Waals surface area contributed by atoms with Gasteiger partial charge in [-0.05, 0) is 36.2 Å². The molecule has 7 heteroatoms. The van der Waals surface area contributed by atoms with Crippen molar-refractivity contribution in [2.75, 3.05) is 26.7 Å². The highest BCUT2D eigenvalue weighted by molar-refractivity contribution is 5.95. The minimum Gasteiger partial charge on any atom is -0.493 e. The molecule has 1 aliphatic heterocycles. The zero-order chi connectivity index (χ0) is 19.4. The molecule has 1 aliphatic rings. The van der Waals surface area contributed by atoms with E-state index in [2.05, 4.69) is 4.74 Å². The third-order valence-electron chi connectivity index (χ3n) is 4.89. The van der Waals surface area contributed by atoms with Crippen molar-refractivity contribution in [2.45, 2.75) is 12.5 Å². The van der Waals surface area contributed by atoms with E-state index in [1.807, 2.05) is 30.3 Å². The second kappa shape index (κ2) is 8.35. The third-order valence-corrected chi connectivity index (χ3v) is 4.89. The number of methoxy groups -OCH3 is 1. The molecule has 5 nitrogen and oxygen atoms in total. The Balaban J connectivity index is 1.80. The summed E-state index contributed by atoms with van der Waals surface area (Å²) in [4.78, 5) is 14.7. The summed E-state index contributed by atoms with van der Waals surface area (Å²) in [5.74, 6) is 0.139. The maximum absolute atomic E-state index is 12.9. The van der Waals surface area contributed by atoms with Crippen LogP contribution in [-0.2, 0) is 0 Å². The van der Waals surface area contributed by atoms with E-state index in [-0.39, 0.29) is 29.2 Å². The van der Waals surface area contributed by atoms with E-state index in [9.17, 15) is 13.6 Å². The smallest absolute Gasteiger partial charge is 0.387 e. The topological polar surface area (TPSA) is 64.8 Å². The molecule has 0 bridgehead atoms. The number of carbonyl (C=O) groups excluding carboxylic acids is 1. The monoisotopic (exact) mass is 376 g/mol. The van der Waals surface area contributed by atoms with E-state index >= 15 is 0 Å². The summed E-state index contributed by atoms with van der Waals surface area (Å²) >= 11 is 0. The van der Waals surface area contributed by atoms with Gasteiger partial charge in [-0.1, -0.05) is 30.3 Å². The van der Waals surface area contributed by atoms with Crippen molar-refractivity contribution in [3.63, 3.8) is 0 Å². The molecule has 0 unspecified atom stereocenters. The van der Waals surface area contributed by atoms with Crippen molar-refractivity contribution >= 4 is 5.91 Å². The molecule has 0 aromatic heterocycles. The van der Waals surface area contributed by atoms with Crippen molar-refractivity contribution in [2.24, 2.45) is 11.7 Å². The molecule has 1 heterocycles. The van der Waals surface area contributed by atoms with Crippen LogP contribution in [0.2, 0.25) is 0 Å². The van der Waals surface area contributed by atoms with E-state index in [0.717, 1.165) is 5.56 Å². The molecular formula is C20H22F2N2O3. The van der Waals surface area contributed by atoms with Crippen LogP contribution >= 0.6 is 0 Å². The average molecular weight is 376 g/mol. The van der Waals surface area contributed by atoms with Crippen LogP contribution in [-0.4, -0.2) is 44.2 Å². The van der Waals surface area contributed by atoms with E-state index < -0.39 is 6.61 Å². The number of carbonyl (C=O) groups is 1. The number of alkyl halides is 2. The van der Waals surface area contributed by atoms with Crippen LogP contribution in [0.1, 0.15) is 21.8 Å². The highest BCUT2D eigenvalue weighted by atomic mass is 19.3. The van der Waals surface area contributed by atoms with Crippen molar-refractivity contribution in [3.8, 4) is 11.5 Å². The van der Waals surface area contributed by atoms with Gasteiger partial charge in [-0.2, -0.15) is 8.78 Å². The number of hydrogen-bond acceptors (Lipinski definition) is 4. The molecule has 144 valence electrons. The summed E-state index contributed by atoms with van der Waals surface area (Å²) in [5, 5.41) is 0. The van der Waals surface area contributed by atoms with Gasteiger partial charge in [-0.3, -0.25) is 4.79 Å². The van der Waals surface area contributed by atoms with Gasteiger partial charge in [0.25, 0.3) is 5.91 Å². The normalized spacial score (nSPS) is 19.4. The fourth-order valence-corrected chi connectivity index (χ4v) is 3.53. The number of nitrogens with zero attached hydrogens (tertiary/aromatic N) is 1. The standard InChI is InChI=1S/C20H22F2N2O3/c1-26-18-9-14(7-8-17(18)27-20(21)22)19(25)24-11-15(10-23)16(12-24)13-5-3-2-4-6-13/h2-9,15-16,20H,10-12,23H2,1H3/t15-,16+/m1/s1. The largest absolute Gasteiger partial charge is 0.493 e. The van der Waals surface area contributed by atoms with Gasteiger partial charge in [0.1, 0.15) is 0 Å². The Labute approximate surface area is 156 Å². The maximum atomic E-state index is 12.9. The summed E-state index contributed by atoms with van der Waals surface area (Å²) in [5.41, 5.74) is 7.44. The molecule has 0 aliphatic carbocycles. The van der Waals surface area contributed by atoms with Gasteiger partial charge in [-0.15, -0.1) is 0 Å². The first-order valence-electron chi connectivity index (χ1n) is 8.70. The Kier molecular flexibility index (Phi) is 5.91. The highest BCUT2D eigenvalue weighted by Gasteiger charge is 2.35. The Bertz CT molecular complexity index is 786. The Morgan fingerprint density at radius 2 is 1.93 bits per heavy atom. The Hall–Kier alpha value is -2.67. The van der Waals surface area contributed by atoms with E-state index in [1.54, 1.807) is 4.90 Å². The predicted octanol–water partition coefficient (Wildman–Crippen LogP) is 3.11. The SMILES string of the molecule is COc1cc(C(=O)N2C[C@@H](CN)[C@H](c3ccccc3)C2)ccc1OC(F)F. The number of nitrogens with two attached hydrogens (primary N) is 1. The lowest BCUT2D eigenvalue weighted by Crippen LogP contribution is -2.29. The maximum Gasteiger partial charge on any atom is 0.387 e. The van der Waals surface area contributed by atoms with Gasteiger partial charge < -0.3 is 20.1 Å². The summed E-state index contributed by atoms with van der Waals surface area (Å²) in [6.45, 7) is -1.38. The van der Waals surface area contributed by atoms with E-state index in [4.69, 9.17) is 10.5 Å². The van der Waals surface area contributed by atoms with Gasteiger partial charge in [0.15, 0.2) is 11.5 Å². The summed E-state index contributed by atoms with van der Waals surface area (Å²) in [6.07, 6.45) is 0. The molecule has 3 rings (SSSR count). The molecule has 2 N–H and O–H groups in total. The second-order valence-electron chi connectivity index (χ2n) is 6.47. The molecule has 0 spiro atoms. The lowest BCUT2D eigenvalue weighted by Gasteiger charge is -2.18. The van der Waals surface area contributed by atoms with Crippen molar-refractivity contribution in [1.29, 1.82) is 0 Å². The average Bonchev–Trinajstić information content (AvgIpc) is 3.12. The first-order chi connectivity index (χ1) is 13.0. The lowest BCUT2D eigenvalue weighted by atomic mass is 9.89. The molecule has 2 aromatic rings. The molecule has 2 aromatic carbocycles. The van der Waals surface area contributed by atoms with Crippen LogP contribution in [0, 0.1) is 5.92 Å². The quantitative estimate of drug-likeness (QED) is 0.841. The van der Waals surface area contributed by atoms with E-state index in [0.29, 0.717) is 25.2 Å². The minimum absolute atomic E-state index is 0.0929. The zero-order valence-electron chi connectivity index (χ0n) is 15.0. The minimum atomic E-state index is -2.96. The molecule has 1 amide bonds. The van der Waals surface area contributed by atoms with Crippen LogP contribution in [0.5, 0.6) is 11.5 Å². The van der Waals surface area contributed by atoms with Gasteiger partial charge in [0.05, 0.1) is 7.11 Å². The van der Waals surface area contributed by atoms with Gasteiger partial charge in [0, 0.05) is 24.6 Å². The number of halogens is 2. The predicted molar refractivity (Wildman–Crippen MR) is 97.3 cm³/mol. The van der Waals surface area contributed by atoms with E-state index in [1.165, 1.54) is 25.3 Å². The fourth-order valence-electron chi connectivity index (χ4n) is 3.53. The number of ether oxygens (including phenoxy) is 2. The number of hydrogen-bond donors (Lipinski definition) is 1. The molecule has 27 heavy (non-hydrogen) atoms. The van der Waals surface area contributed by atoms with Crippen molar-refractivity contribution < 1.29 is 23.0 Å². The summed E-state index contributed by atoms with van der Waals surface area (Å²) in [7, 11) is 1.34. The molecule has 1 fully saturated rings. The van der Waals surface area contributed by atoms with Crippen molar-refractivity contribution in [3.05, 3.63) is 59.7 Å². The first kappa shape index (κ1) is 19.1. The summed E-state index contributed by atoms with van der Waals surface area (Å²) in [6, 6.07) is 14.2. The second-order valence-corrected chi connectivity index (χ2v) is 6.47. The van der Waals surface area contributed by atoms with Crippen LogP contribution < -0.4 is 15.2 Å². The van der Waals surface area contributed by atoms with Crippen LogP contribution in [0.3, 0.4) is 0 Å². The molecular weight excluding hydrogens is 354 g/mol. The molecule has 1 saturated heterocycles. The number of likely N-dealkylation sites (tertiary alicyclic amines) is 1. The first-order valence-corrected chi connectivity index (χ1v) is 8.70. The highest BCUT2D eigenvalue weighted by Crippen LogP contribution is 2.34. The number of amides is 1. The van der Waals surface area contributed by atoms with Crippen LogP contribution in [0.25, 0.3) is 0 Å². The zero-order valence-corrected chi connectivity index (χ0v) is 15.0. The number of benzene rings is 2. The Morgan fingerprint density at radius 3 is 2.56 bits per heavy atom.